The number of carbonyl (C=O) groups is 2. The van der Waals surface area contributed by atoms with Gasteiger partial charge in [-0.2, -0.15) is 0 Å². The molecule has 4 fully saturated rings. The van der Waals surface area contributed by atoms with Gasteiger partial charge in [0.15, 0.2) is 5.13 Å². The monoisotopic (exact) mass is 441 g/mol. The highest BCUT2D eigenvalue weighted by Gasteiger charge is 2.58. The highest BCUT2D eigenvalue weighted by Crippen LogP contribution is 2.65. The van der Waals surface area contributed by atoms with Crippen LogP contribution in [-0.4, -0.2) is 28.8 Å². The number of nitrogens with one attached hydrogen (secondary N) is 2. The van der Waals surface area contributed by atoms with E-state index in [1.165, 1.54) is 36.2 Å². The van der Waals surface area contributed by atoms with Crippen LogP contribution in [-0.2, 0) is 21.4 Å². The summed E-state index contributed by atoms with van der Waals surface area (Å²) in [6.45, 7) is 0.436. The molecular formula is C23H27N3O4S. The van der Waals surface area contributed by atoms with Crippen molar-refractivity contribution in [2.24, 2.45) is 17.3 Å². The second-order valence-corrected chi connectivity index (χ2v) is 10.5. The fourth-order valence-corrected chi connectivity index (χ4v) is 7.44. The molecule has 0 radical (unpaired) electrons. The fraction of sp³-hybridized carbons (Fsp3) is 0.522. The first-order valence-electron chi connectivity index (χ1n) is 10.8. The van der Waals surface area contributed by atoms with Gasteiger partial charge in [0.1, 0.15) is 0 Å². The Balaban J connectivity index is 1.23. The molecule has 2 unspecified atom stereocenters. The van der Waals surface area contributed by atoms with Gasteiger partial charge in [-0.1, -0.05) is 30.3 Å². The highest BCUT2D eigenvalue weighted by atomic mass is 32.1. The Labute approximate surface area is 185 Å². The summed E-state index contributed by atoms with van der Waals surface area (Å²) in [6, 6.07) is 10.9. The Morgan fingerprint density at radius 3 is 2.61 bits per heavy atom. The zero-order valence-electron chi connectivity index (χ0n) is 17.3. The van der Waals surface area contributed by atoms with Crippen molar-refractivity contribution in [3.63, 3.8) is 0 Å². The largest absolute Gasteiger partial charge is 0.449 e. The predicted octanol–water partition coefficient (Wildman–Crippen LogP) is 4.28. The third-order valence-corrected chi connectivity index (χ3v) is 8.11. The summed E-state index contributed by atoms with van der Waals surface area (Å²) in [5.74, 6) is 0.883. The standard InChI is InChI=1S/C23H27N3O4S/c27-19(26-29)7-18-12-31-20(24-18)25-21(28)30-14-22-8-15-6-16(9-22)11-23(10-15,13-22)17-4-2-1-3-5-17/h1-5,12,15-16,29H,6-11,13-14H2,(H,26,27)(H,24,25,28). The number of ether oxygens (including phenoxy) is 1. The second kappa shape index (κ2) is 7.91. The lowest BCUT2D eigenvalue weighted by Crippen LogP contribution is -2.55. The van der Waals surface area contributed by atoms with Gasteiger partial charge in [-0.05, 0) is 61.3 Å². The van der Waals surface area contributed by atoms with E-state index in [9.17, 15) is 9.59 Å². The molecule has 2 amide bonds. The molecule has 6 rings (SSSR count). The molecule has 0 spiro atoms. The maximum atomic E-state index is 12.5. The van der Waals surface area contributed by atoms with Crippen LogP contribution in [0.2, 0.25) is 0 Å². The molecule has 4 aliphatic rings. The number of amides is 2. The number of nitrogens with zero attached hydrogens (tertiary/aromatic N) is 1. The number of rotatable bonds is 6. The summed E-state index contributed by atoms with van der Waals surface area (Å²) < 4.78 is 5.72. The van der Waals surface area contributed by atoms with E-state index in [-0.39, 0.29) is 17.3 Å². The maximum absolute atomic E-state index is 12.5. The van der Waals surface area contributed by atoms with E-state index in [2.05, 4.69) is 40.6 Å². The van der Waals surface area contributed by atoms with Crippen molar-refractivity contribution in [1.82, 2.24) is 10.5 Å². The number of hydroxylamine groups is 1. The van der Waals surface area contributed by atoms with Gasteiger partial charge in [0, 0.05) is 10.8 Å². The molecule has 1 aromatic heterocycles. The Bertz CT molecular complexity index is 962. The maximum Gasteiger partial charge on any atom is 0.413 e. The number of carbonyl (C=O) groups excluding carboxylic acids is 2. The van der Waals surface area contributed by atoms with Crippen LogP contribution in [0.4, 0.5) is 9.93 Å². The first kappa shape index (κ1) is 20.5. The molecule has 4 aliphatic carbocycles. The van der Waals surface area contributed by atoms with Gasteiger partial charge in [0.05, 0.1) is 18.7 Å². The molecule has 2 atom stereocenters. The van der Waals surface area contributed by atoms with Gasteiger partial charge in [0.25, 0.3) is 0 Å². The van der Waals surface area contributed by atoms with Crippen molar-refractivity contribution in [2.75, 3.05) is 11.9 Å². The molecule has 0 saturated heterocycles. The van der Waals surface area contributed by atoms with E-state index in [0.29, 0.717) is 29.3 Å². The number of thiazole rings is 1. The minimum atomic E-state index is -0.548. The lowest BCUT2D eigenvalue weighted by molar-refractivity contribution is -0.128. The summed E-state index contributed by atoms with van der Waals surface area (Å²) in [5, 5.41) is 13.4. The van der Waals surface area contributed by atoms with E-state index in [0.717, 1.165) is 19.3 Å². The van der Waals surface area contributed by atoms with Crippen molar-refractivity contribution in [3.8, 4) is 0 Å². The zero-order chi connectivity index (χ0) is 21.5. The second-order valence-electron chi connectivity index (χ2n) is 9.66. The number of hydrogen-bond donors (Lipinski definition) is 3. The Morgan fingerprint density at radius 1 is 1.16 bits per heavy atom. The highest BCUT2D eigenvalue weighted by molar-refractivity contribution is 7.13. The number of aromatic nitrogens is 1. The van der Waals surface area contributed by atoms with Crippen LogP contribution in [0.5, 0.6) is 0 Å². The molecule has 4 bridgehead atoms. The average molecular weight is 442 g/mol. The Hall–Kier alpha value is -2.45. The molecule has 31 heavy (non-hydrogen) atoms. The summed E-state index contributed by atoms with van der Waals surface area (Å²) in [5.41, 5.74) is 3.79. The number of anilines is 1. The van der Waals surface area contributed by atoms with Crippen LogP contribution in [0.25, 0.3) is 0 Å². The van der Waals surface area contributed by atoms with Crippen LogP contribution in [0.15, 0.2) is 35.7 Å². The van der Waals surface area contributed by atoms with Crippen molar-refractivity contribution in [2.45, 2.75) is 50.4 Å². The molecule has 8 heteroatoms. The zero-order valence-corrected chi connectivity index (χ0v) is 18.1. The van der Waals surface area contributed by atoms with Gasteiger partial charge >= 0.3 is 6.09 Å². The molecule has 0 aliphatic heterocycles. The third kappa shape index (κ3) is 4.06. The summed E-state index contributed by atoms with van der Waals surface area (Å²) >= 11 is 1.23. The van der Waals surface area contributed by atoms with Crippen molar-refractivity contribution in [1.29, 1.82) is 0 Å². The Kier molecular flexibility index (Phi) is 5.22. The normalized spacial score (nSPS) is 30.7. The van der Waals surface area contributed by atoms with Crippen molar-refractivity contribution < 1.29 is 19.5 Å². The lowest BCUT2D eigenvalue weighted by atomic mass is 9.43. The average Bonchev–Trinajstić information content (AvgIpc) is 3.18. The SMILES string of the molecule is O=C(Cc1csc(NC(=O)OCC23CC4CC(C2)CC(c2ccccc2)(C4)C3)n1)NO. The van der Waals surface area contributed by atoms with Crippen LogP contribution in [0.3, 0.4) is 0 Å². The molecule has 7 nitrogen and oxygen atoms in total. The molecule has 164 valence electrons. The van der Waals surface area contributed by atoms with Gasteiger partial charge in [-0.15, -0.1) is 11.3 Å². The quantitative estimate of drug-likeness (QED) is 0.459. The molecule has 3 N–H and O–H groups in total. The van der Waals surface area contributed by atoms with E-state index in [1.54, 1.807) is 10.9 Å². The number of hydrogen-bond acceptors (Lipinski definition) is 6. The van der Waals surface area contributed by atoms with Gasteiger partial charge in [0.2, 0.25) is 5.91 Å². The van der Waals surface area contributed by atoms with Crippen LogP contribution in [0, 0.1) is 17.3 Å². The summed E-state index contributed by atoms with van der Waals surface area (Å²) in [7, 11) is 0. The minimum Gasteiger partial charge on any atom is -0.449 e. The van der Waals surface area contributed by atoms with Crippen LogP contribution in [0.1, 0.15) is 49.8 Å². The molecule has 1 heterocycles. The first-order chi connectivity index (χ1) is 15.0. The van der Waals surface area contributed by atoms with E-state index in [1.807, 2.05) is 0 Å². The molecule has 4 saturated carbocycles. The third-order valence-electron chi connectivity index (χ3n) is 7.30. The topological polar surface area (TPSA) is 101 Å². The fourth-order valence-electron chi connectivity index (χ4n) is 6.74. The predicted molar refractivity (Wildman–Crippen MR) is 116 cm³/mol. The minimum absolute atomic E-state index is 0.0445. The van der Waals surface area contributed by atoms with E-state index in [4.69, 9.17) is 9.94 Å². The van der Waals surface area contributed by atoms with Gasteiger partial charge in [-0.25, -0.2) is 15.3 Å². The molecular weight excluding hydrogens is 414 g/mol. The van der Waals surface area contributed by atoms with E-state index < -0.39 is 12.0 Å². The first-order valence-corrected chi connectivity index (χ1v) is 11.7. The molecule has 1 aromatic carbocycles. The molecule has 2 aromatic rings. The van der Waals surface area contributed by atoms with Crippen LogP contribution >= 0.6 is 11.3 Å². The van der Waals surface area contributed by atoms with Crippen molar-refractivity contribution >= 4 is 28.5 Å². The lowest BCUT2D eigenvalue weighted by Gasteiger charge is -2.62. The Morgan fingerprint density at radius 2 is 1.90 bits per heavy atom. The van der Waals surface area contributed by atoms with E-state index >= 15 is 0 Å². The smallest absolute Gasteiger partial charge is 0.413 e. The van der Waals surface area contributed by atoms with Crippen molar-refractivity contribution in [3.05, 3.63) is 47.0 Å². The summed E-state index contributed by atoms with van der Waals surface area (Å²) in [6.07, 6.45) is 6.64. The van der Waals surface area contributed by atoms with Crippen LogP contribution < -0.4 is 10.8 Å². The van der Waals surface area contributed by atoms with Gasteiger partial charge < -0.3 is 4.74 Å². The van der Waals surface area contributed by atoms with Gasteiger partial charge in [-0.3, -0.25) is 15.3 Å². The number of benzene rings is 1. The summed E-state index contributed by atoms with van der Waals surface area (Å²) in [4.78, 5) is 27.9.